The number of aromatic nitrogens is 2. The Bertz CT molecular complexity index is 849. The molecule has 7 heteroatoms. The molecule has 3 rings (SSSR count). The molecule has 0 saturated carbocycles. The second kappa shape index (κ2) is 9.08. The molecule has 1 amide bonds. The number of hydrogen-bond donors (Lipinski definition) is 2. The number of thioether (sulfide) groups is 1. The quantitative estimate of drug-likeness (QED) is 0.561. The number of hydrogen-bond acceptors (Lipinski definition) is 5. The number of aryl methyl sites for hydroxylation is 1. The van der Waals surface area contributed by atoms with Gasteiger partial charge in [0, 0.05) is 11.3 Å². The van der Waals surface area contributed by atoms with Crippen LogP contribution in [0.1, 0.15) is 44.4 Å². The van der Waals surface area contributed by atoms with Gasteiger partial charge in [-0.25, -0.2) is 4.98 Å². The number of aromatic amines is 1. The normalized spacial score (nSPS) is 14.3. The van der Waals surface area contributed by atoms with E-state index in [-0.39, 0.29) is 16.7 Å². The highest BCUT2D eigenvalue weighted by Crippen LogP contribution is 2.25. The fourth-order valence-electron chi connectivity index (χ4n) is 3.12. The van der Waals surface area contributed by atoms with E-state index in [1.165, 1.54) is 11.8 Å². The highest BCUT2D eigenvalue weighted by atomic mass is 32.2. The zero-order chi connectivity index (χ0) is 19.2. The summed E-state index contributed by atoms with van der Waals surface area (Å²) in [5, 5.41) is 3.11. The lowest BCUT2D eigenvalue weighted by Gasteiger charge is -2.17. The third-order valence-corrected chi connectivity index (χ3v) is 5.77. The Morgan fingerprint density at radius 3 is 2.70 bits per heavy atom. The maximum atomic E-state index is 12.6. The minimum atomic E-state index is -0.332. The molecule has 2 aromatic rings. The molecule has 1 heterocycles. The summed E-state index contributed by atoms with van der Waals surface area (Å²) in [6, 6.07) is 7.30. The molecule has 0 radical (unpaired) electrons. The molecule has 1 aromatic carbocycles. The number of nitrogens with zero attached hydrogens (tertiary/aromatic N) is 1. The molecule has 6 nitrogen and oxygen atoms in total. The van der Waals surface area contributed by atoms with Gasteiger partial charge in [-0.15, -0.1) is 0 Å². The van der Waals surface area contributed by atoms with Crippen LogP contribution in [0.4, 0.5) is 5.69 Å². The van der Waals surface area contributed by atoms with Crippen LogP contribution >= 0.6 is 11.8 Å². The van der Waals surface area contributed by atoms with Crippen molar-refractivity contribution in [1.29, 1.82) is 0 Å². The third-order valence-electron chi connectivity index (χ3n) is 4.52. The van der Waals surface area contributed by atoms with Gasteiger partial charge in [-0.1, -0.05) is 18.7 Å². The molecule has 1 atom stereocenters. The minimum Gasteiger partial charge on any atom is -0.494 e. The van der Waals surface area contributed by atoms with Gasteiger partial charge in [0.15, 0.2) is 5.16 Å². The first kappa shape index (κ1) is 19.5. The van der Waals surface area contributed by atoms with E-state index < -0.39 is 0 Å². The fourth-order valence-corrected chi connectivity index (χ4v) is 4.03. The van der Waals surface area contributed by atoms with Crippen LogP contribution in [0.5, 0.6) is 5.75 Å². The molecule has 0 fully saturated rings. The number of ether oxygens (including phenoxy) is 1. The van der Waals surface area contributed by atoms with Crippen molar-refractivity contribution < 1.29 is 9.53 Å². The van der Waals surface area contributed by atoms with E-state index in [4.69, 9.17) is 4.74 Å². The van der Waals surface area contributed by atoms with Crippen LogP contribution in [0.2, 0.25) is 0 Å². The van der Waals surface area contributed by atoms with Crippen LogP contribution < -0.4 is 15.6 Å². The summed E-state index contributed by atoms with van der Waals surface area (Å²) in [5.74, 6) is 0.666. The van der Waals surface area contributed by atoms with Crippen LogP contribution in [0.3, 0.4) is 0 Å². The topological polar surface area (TPSA) is 84.1 Å². The van der Waals surface area contributed by atoms with Crippen molar-refractivity contribution in [2.45, 2.75) is 56.4 Å². The van der Waals surface area contributed by atoms with E-state index in [2.05, 4.69) is 15.3 Å². The molecular formula is C20H25N3O3S. The number of carbonyl (C=O) groups is 1. The number of anilines is 1. The number of H-pyrrole nitrogens is 1. The predicted octanol–water partition coefficient (Wildman–Crippen LogP) is 3.56. The van der Waals surface area contributed by atoms with Gasteiger partial charge in [0.25, 0.3) is 5.56 Å². The molecule has 0 aliphatic heterocycles. The predicted molar refractivity (Wildman–Crippen MR) is 108 cm³/mol. The van der Waals surface area contributed by atoms with E-state index in [1.807, 2.05) is 38.1 Å². The van der Waals surface area contributed by atoms with E-state index in [9.17, 15) is 9.59 Å². The Balaban J connectivity index is 1.68. The molecule has 1 unspecified atom stereocenters. The van der Waals surface area contributed by atoms with Crippen molar-refractivity contribution in [3.05, 3.63) is 45.9 Å². The summed E-state index contributed by atoms with van der Waals surface area (Å²) in [4.78, 5) is 32.4. The molecule has 1 aliphatic carbocycles. The van der Waals surface area contributed by atoms with Gasteiger partial charge >= 0.3 is 0 Å². The van der Waals surface area contributed by atoms with Crippen LogP contribution in [0.15, 0.2) is 34.2 Å². The summed E-state index contributed by atoms with van der Waals surface area (Å²) >= 11 is 1.31. The van der Waals surface area contributed by atoms with Crippen molar-refractivity contribution in [3.63, 3.8) is 0 Å². The average molecular weight is 388 g/mol. The standard InChI is InChI=1S/C20H25N3O3S/c1-3-17(19(25)21-13-9-11-14(12-10-13)26-4-2)27-20-22-16-8-6-5-7-15(16)18(24)23-20/h9-12,17H,3-8H2,1-2H3,(H,21,25)(H,22,23,24). The van der Waals surface area contributed by atoms with Gasteiger partial charge in [-0.05, 0) is 63.3 Å². The van der Waals surface area contributed by atoms with Crippen molar-refractivity contribution in [3.8, 4) is 5.75 Å². The zero-order valence-electron chi connectivity index (χ0n) is 15.7. The highest BCUT2D eigenvalue weighted by molar-refractivity contribution is 8.00. The first-order valence-corrected chi connectivity index (χ1v) is 10.3. The summed E-state index contributed by atoms with van der Waals surface area (Å²) < 4.78 is 5.41. The molecule has 0 spiro atoms. The second-order valence-corrected chi connectivity index (χ2v) is 7.66. The number of nitrogens with one attached hydrogen (secondary N) is 2. The van der Waals surface area contributed by atoms with Gasteiger partial charge in [0.05, 0.1) is 17.6 Å². The molecule has 2 N–H and O–H groups in total. The summed E-state index contributed by atoms with van der Waals surface area (Å²) in [6.07, 6.45) is 4.35. The lowest BCUT2D eigenvalue weighted by Crippen LogP contribution is -2.26. The Hall–Kier alpha value is -2.28. The number of rotatable bonds is 7. The SMILES string of the molecule is CCOc1ccc(NC(=O)C(CC)Sc2nc3c(c(=O)[nH]2)CCCC3)cc1. The fraction of sp³-hybridized carbons (Fsp3) is 0.450. The van der Waals surface area contributed by atoms with Gasteiger partial charge in [0.1, 0.15) is 5.75 Å². The molecule has 1 aromatic heterocycles. The van der Waals surface area contributed by atoms with Crippen LogP contribution in [-0.4, -0.2) is 27.7 Å². The summed E-state index contributed by atoms with van der Waals surface area (Å²) in [5.41, 5.74) is 2.34. The maximum Gasteiger partial charge on any atom is 0.254 e. The number of amides is 1. The molecule has 0 bridgehead atoms. The van der Waals surface area contributed by atoms with Crippen molar-refractivity contribution >= 4 is 23.4 Å². The Labute approximate surface area is 163 Å². The number of carbonyl (C=O) groups excluding carboxylic acids is 1. The van der Waals surface area contributed by atoms with E-state index >= 15 is 0 Å². The number of benzene rings is 1. The monoisotopic (exact) mass is 387 g/mol. The van der Waals surface area contributed by atoms with E-state index in [1.54, 1.807) is 0 Å². The lowest BCUT2D eigenvalue weighted by molar-refractivity contribution is -0.115. The van der Waals surface area contributed by atoms with Gasteiger partial charge in [0.2, 0.25) is 5.91 Å². The Morgan fingerprint density at radius 1 is 1.26 bits per heavy atom. The second-order valence-electron chi connectivity index (χ2n) is 6.46. The summed E-state index contributed by atoms with van der Waals surface area (Å²) in [6.45, 7) is 4.48. The van der Waals surface area contributed by atoms with E-state index in [0.717, 1.165) is 48.4 Å². The molecule has 144 valence electrons. The van der Waals surface area contributed by atoms with Gasteiger partial charge in [-0.2, -0.15) is 0 Å². The first-order valence-electron chi connectivity index (χ1n) is 9.43. The highest BCUT2D eigenvalue weighted by Gasteiger charge is 2.22. The van der Waals surface area contributed by atoms with Gasteiger partial charge < -0.3 is 15.0 Å². The lowest BCUT2D eigenvalue weighted by atomic mass is 9.97. The molecule has 0 saturated heterocycles. The largest absolute Gasteiger partial charge is 0.494 e. The third kappa shape index (κ3) is 4.91. The Kier molecular flexibility index (Phi) is 6.55. The molecular weight excluding hydrogens is 362 g/mol. The van der Waals surface area contributed by atoms with Crippen LogP contribution in [0, 0.1) is 0 Å². The summed E-state index contributed by atoms with van der Waals surface area (Å²) in [7, 11) is 0. The van der Waals surface area contributed by atoms with Crippen molar-refractivity contribution in [1.82, 2.24) is 9.97 Å². The van der Waals surface area contributed by atoms with E-state index in [0.29, 0.717) is 18.2 Å². The first-order chi connectivity index (χ1) is 13.1. The zero-order valence-corrected chi connectivity index (χ0v) is 16.5. The maximum absolute atomic E-state index is 12.6. The van der Waals surface area contributed by atoms with Crippen molar-refractivity contribution in [2.75, 3.05) is 11.9 Å². The van der Waals surface area contributed by atoms with Crippen LogP contribution in [0.25, 0.3) is 0 Å². The molecule has 1 aliphatic rings. The smallest absolute Gasteiger partial charge is 0.254 e. The van der Waals surface area contributed by atoms with Gasteiger partial charge in [-0.3, -0.25) is 9.59 Å². The van der Waals surface area contributed by atoms with Crippen molar-refractivity contribution in [2.24, 2.45) is 0 Å². The Morgan fingerprint density at radius 2 is 2.00 bits per heavy atom. The average Bonchev–Trinajstić information content (AvgIpc) is 2.68. The van der Waals surface area contributed by atoms with Crippen LogP contribution in [-0.2, 0) is 17.6 Å². The minimum absolute atomic E-state index is 0.0658. The number of fused-ring (bicyclic) bond motifs is 1. The molecule has 27 heavy (non-hydrogen) atoms.